The smallest absolute Gasteiger partial charge is 0.257 e. The van der Waals surface area contributed by atoms with E-state index in [-0.39, 0.29) is 11.0 Å². The van der Waals surface area contributed by atoms with Gasteiger partial charge < -0.3 is 4.42 Å². The molecule has 134 valence electrons. The Bertz CT molecular complexity index is 950. The van der Waals surface area contributed by atoms with Gasteiger partial charge in [0, 0.05) is 0 Å². The number of hydrogen-bond acceptors (Lipinski definition) is 6. The molecule has 3 heterocycles. The van der Waals surface area contributed by atoms with E-state index in [0.29, 0.717) is 23.0 Å². The van der Waals surface area contributed by atoms with Gasteiger partial charge in [-0.25, -0.2) is 9.67 Å². The minimum atomic E-state index is -0.0367. The third kappa shape index (κ3) is 2.10. The average molecular weight is 388 g/mol. The van der Waals surface area contributed by atoms with Crippen molar-refractivity contribution in [1.29, 1.82) is 0 Å². The summed E-state index contributed by atoms with van der Waals surface area (Å²) in [6, 6.07) is 4.04. The molecule has 3 aromatic heterocycles. The number of aromatic nitrogens is 5. The van der Waals surface area contributed by atoms with E-state index in [4.69, 9.17) is 16.0 Å². The molecule has 6 nitrogen and oxygen atoms in total. The third-order valence-electron chi connectivity index (χ3n) is 6.59. The van der Waals surface area contributed by atoms with Crippen molar-refractivity contribution in [3.8, 4) is 10.8 Å². The highest BCUT2D eigenvalue weighted by Gasteiger charge is 2.61. The van der Waals surface area contributed by atoms with Crippen LogP contribution in [0.25, 0.3) is 10.8 Å². The topological polar surface area (TPSA) is 69.6 Å². The number of nitrogens with zero attached hydrogens (tertiary/aromatic N) is 5. The SMILES string of the molecule is Clc1ncn(C23C[C@@H]4C[C@H](CC(c5nnc(-c6cccs6)o5)(C4)C2)C3)n1. The molecule has 0 radical (unpaired) electrons. The summed E-state index contributed by atoms with van der Waals surface area (Å²) < 4.78 is 8.24. The molecule has 0 aliphatic heterocycles. The van der Waals surface area contributed by atoms with Crippen molar-refractivity contribution in [2.45, 2.75) is 49.5 Å². The number of halogens is 1. The summed E-state index contributed by atoms with van der Waals surface area (Å²) in [6.45, 7) is 0. The minimum absolute atomic E-state index is 0.0121. The normalized spacial score (nSPS) is 35.3. The molecule has 8 heteroatoms. The first kappa shape index (κ1) is 15.3. The van der Waals surface area contributed by atoms with Crippen LogP contribution >= 0.6 is 22.9 Å². The van der Waals surface area contributed by atoms with Crippen molar-refractivity contribution in [3.63, 3.8) is 0 Å². The second-order valence-electron chi connectivity index (χ2n) is 8.31. The molecule has 0 aromatic carbocycles. The molecule has 4 fully saturated rings. The van der Waals surface area contributed by atoms with Gasteiger partial charge in [-0.15, -0.1) is 26.6 Å². The van der Waals surface area contributed by atoms with Crippen LogP contribution in [-0.4, -0.2) is 25.0 Å². The number of thiophene rings is 1. The molecule has 4 saturated carbocycles. The van der Waals surface area contributed by atoms with E-state index in [1.165, 1.54) is 6.42 Å². The maximum absolute atomic E-state index is 6.22. The first-order valence-corrected chi connectivity index (χ1v) is 10.4. The second kappa shape index (κ2) is 5.16. The summed E-state index contributed by atoms with van der Waals surface area (Å²) in [5.41, 5.74) is -0.0488. The fourth-order valence-electron chi connectivity index (χ4n) is 6.14. The van der Waals surface area contributed by atoms with Crippen molar-refractivity contribution in [2.75, 3.05) is 0 Å². The van der Waals surface area contributed by atoms with Crippen LogP contribution in [-0.2, 0) is 11.0 Å². The Labute approximate surface area is 159 Å². The summed E-state index contributed by atoms with van der Waals surface area (Å²) >= 11 is 7.66. The van der Waals surface area contributed by atoms with Gasteiger partial charge in [-0.1, -0.05) is 6.07 Å². The highest BCUT2D eigenvalue weighted by atomic mass is 35.5. The Morgan fingerprint density at radius 1 is 1.19 bits per heavy atom. The molecule has 0 unspecified atom stereocenters. The molecule has 0 amide bonds. The quantitative estimate of drug-likeness (QED) is 0.670. The molecule has 0 N–H and O–H groups in total. The van der Waals surface area contributed by atoms with E-state index in [1.807, 2.05) is 22.2 Å². The van der Waals surface area contributed by atoms with Crippen LogP contribution in [0.5, 0.6) is 0 Å². The third-order valence-corrected chi connectivity index (χ3v) is 7.62. The standard InChI is InChI=1S/C18H18ClN5OS/c19-16-20-10-24(23-16)18-7-11-4-12(8-18)6-17(5-11,9-18)15-22-21-14(25-15)13-2-1-3-26-13/h1-3,10-12H,4-9H2/t11-,12-,17?,18?/m1/s1. The lowest BCUT2D eigenvalue weighted by molar-refractivity contribution is -0.0772. The van der Waals surface area contributed by atoms with Crippen molar-refractivity contribution in [2.24, 2.45) is 11.8 Å². The van der Waals surface area contributed by atoms with Gasteiger partial charge in [0.1, 0.15) is 6.33 Å². The Morgan fingerprint density at radius 2 is 2.04 bits per heavy atom. The van der Waals surface area contributed by atoms with Crippen LogP contribution in [0.2, 0.25) is 5.28 Å². The number of rotatable bonds is 3. The van der Waals surface area contributed by atoms with E-state index in [0.717, 1.165) is 42.9 Å². The van der Waals surface area contributed by atoms with Crippen LogP contribution < -0.4 is 0 Å². The largest absolute Gasteiger partial charge is 0.419 e. The van der Waals surface area contributed by atoms with Gasteiger partial charge in [0.2, 0.25) is 11.2 Å². The summed E-state index contributed by atoms with van der Waals surface area (Å²) in [7, 11) is 0. The van der Waals surface area contributed by atoms with Crippen LogP contribution in [0.15, 0.2) is 28.3 Å². The predicted molar refractivity (Wildman–Crippen MR) is 97.0 cm³/mol. The Kier molecular flexibility index (Phi) is 3.05. The van der Waals surface area contributed by atoms with E-state index in [2.05, 4.69) is 20.3 Å². The van der Waals surface area contributed by atoms with Crippen molar-refractivity contribution in [1.82, 2.24) is 25.0 Å². The van der Waals surface area contributed by atoms with Crippen molar-refractivity contribution >= 4 is 22.9 Å². The lowest BCUT2D eigenvalue weighted by Crippen LogP contribution is -2.58. The zero-order valence-corrected chi connectivity index (χ0v) is 15.7. The van der Waals surface area contributed by atoms with Gasteiger partial charge in [0.15, 0.2) is 0 Å². The summed E-state index contributed by atoms with van der Waals surface area (Å²) in [5, 5.41) is 15.7. The minimum Gasteiger partial charge on any atom is -0.419 e. The second-order valence-corrected chi connectivity index (χ2v) is 9.60. The van der Waals surface area contributed by atoms with Crippen molar-refractivity contribution in [3.05, 3.63) is 35.0 Å². The van der Waals surface area contributed by atoms with Crippen LogP contribution in [0.4, 0.5) is 0 Å². The lowest BCUT2D eigenvalue weighted by atomic mass is 9.47. The van der Waals surface area contributed by atoms with Crippen LogP contribution in [0, 0.1) is 11.8 Å². The van der Waals surface area contributed by atoms with Gasteiger partial charge in [0.05, 0.1) is 15.8 Å². The van der Waals surface area contributed by atoms with Crippen LogP contribution in [0.3, 0.4) is 0 Å². The average Bonchev–Trinajstić information content (AvgIpc) is 3.35. The molecule has 4 aliphatic rings. The molecule has 0 spiro atoms. The molecule has 4 bridgehead atoms. The lowest BCUT2D eigenvalue weighted by Gasteiger charge is -2.60. The first-order chi connectivity index (χ1) is 12.6. The monoisotopic (exact) mass is 387 g/mol. The molecule has 0 saturated heterocycles. The van der Waals surface area contributed by atoms with Gasteiger partial charge in [-0.3, -0.25) is 0 Å². The fraction of sp³-hybridized carbons (Fsp3) is 0.556. The molecule has 26 heavy (non-hydrogen) atoms. The summed E-state index contributed by atoms with van der Waals surface area (Å²) in [4.78, 5) is 5.21. The first-order valence-electron chi connectivity index (χ1n) is 9.10. The number of hydrogen-bond donors (Lipinski definition) is 0. The van der Waals surface area contributed by atoms with E-state index in [1.54, 1.807) is 17.7 Å². The van der Waals surface area contributed by atoms with Gasteiger partial charge in [-0.2, -0.15) is 0 Å². The molecular formula is C18H18ClN5OS. The molecule has 7 rings (SSSR count). The van der Waals surface area contributed by atoms with Gasteiger partial charge in [-0.05, 0) is 73.4 Å². The molecule has 3 aromatic rings. The summed E-state index contributed by atoms with van der Waals surface area (Å²) in [5.74, 6) is 2.81. The highest BCUT2D eigenvalue weighted by molar-refractivity contribution is 7.13. The zero-order chi connectivity index (χ0) is 17.4. The zero-order valence-electron chi connectivity index (χ0n) is 14.1. The Hall–Kier alpha value is -1.73. The maximum atomic E-state index is 6.22. The summed E-state index contributed by atoms with van der Waals surface area (Å²) in [6.07, 6.45) is 8.66. The van der Waals surface area contributed by atoms with E-state index >= 15 is 0 Å². The maximum Gasteiger partial charge on any atom is 0.257 e. The fourth-order valence-corrected chi connectivity index (χ4v) is 6.91. The molecule has 2 atom stereocenters. The van der Waals surface area contributed by atoms with Crippen molar-refractivity contribution < 1.29 is 4.42 Å². The van der Waals surface area contributed by atoms with E-state index < -0.39 is 0 Å². The predicted octanol–water partition coefficient (Wildman–Crippen LogP) is 4.29. The van der Waals surface area contributed by atoms with Gasteiger partial charge >= 0.3 is 0 Å². The Balaban J connectivity index is 1.43. The van der Waals surface area contributed by atoms with Crippen LogP contribution in [0.1, 0.15) is 44.4 Å². The van der Waals surface area contributed by atoms with Gasteiger partial charge in [0.25, 0.3) is 5.89 Å². The highest BCUT2D eigenvalue weighted by Crippen LogP contribution is 2.64. The Morgan fingerprint density at radius 3 is 2.73 bits per heavy atom. The molecular weight excluding hydrogens is 370 g/mol. The van der Waals surface area contributed by atoms with E-state index in [9.17, 15) is 0 Å². The molecule has 4 aliphatic carbocycles.